The van der Waals surface area contributed by atoms with Gasteiger partial charge in [-0.2, -0.15) is 0 Å². The van der Waals surface area contributed by atoms with Gasteiger partial charge < -0.3 is 15.7 Å². The smallest absolute Gasteiger partial charge is 0.410 e. The number of nitrogens with two attached hydrogens (primary N) is 1. The van der Waals surface area contributed by atoms with E-state index in [1.165, 1.54) is 6.08 Å². The summed E-state index contributed by atoms with van der Waals surface area (Å²) in [6.45, 7) is 1.65. The summed E-state index contributed by atoms with van der Waals surface area (Å²) in [6, 6.07) is 12.7. The Kier molecular flexibility index (Phi) is 5.18. The van der Waals surface area contributed by atoms with Crippen LogP contribution in [0, 0.1) is 5.92 Å². The van der Waals surface area contributed by atoms with Gasteiger partial charge in [0.05, 0.1) is 5.69 Å². The van der Waals surface area contributed by atoms with E-state index in [2.05, 4.69) is 14.9 Å². The number of rotatable bonds is 4. The summed E-state index contributed by atoms with van der Waals surface area (Å²) in [5.74, 6) is -0.386. The summed E-state index contributed by atoms with van der Waals surface area (Å²) in [5, 5.41) is 13.0. The third-order valence-corrected chi connectivity index (χ3v) is 5.06. The predicted octanol–water partition coefficient (Wildman–Crippen LogP) is 4.99. The van der Waals surface area contributed by atoms with Gasteiger partial charge in [-0.15, -0.1) is 13.2 Å². The summed E-state index contributed by atoms with van der Waals surface area (Å²) in [5.41, 5.74) is 9.74. The highest BCUT2D eigenvalue weighted by Gasteiger charge is 2.34. The molecule has 1 aliphatic carbocycles. The van der Waals surface area contributed by atoms with Crippen LogP contribution in [0.1, 0.15) is 30.2 Å². The van der Waals surface area contributed by atoms with Gasteiger partial charge in [0.15, 0.2) is 5.82 Å². The van der Waals surface area contributed by atoms with Gasteiger partial charge in [0.1, 0.15) is 17.1 Å². The molecule has 1 atom stereocenters. The lowest BCUT2D eigenvalue weighted by Crippen LogP contribution is -2.18. The first kappa shape index (κ1) is 20.5. The van der Waals surface area contributed by atoms with Crippen molar-refractivity contribution in [1.29, 1.82) is 0 Å². The van der Waals surface area contributed by atoms with Gasteiger partial charge in [0, 0.05) is 23.2 Å². The van der Waals surface area contributed by atoms with E-state index in [1.54, 1.807) is 35.7 Å². The molecule has 31 heavy (non-hydrogen) atoms. The molecule has 1 aromatic carbocycles. The first-order valence-corrected chi connectivity index (χ1v) is 9.49. The molecule has 0 fully saturated rings. The fourth-order valence-corrected chi connectivity index (χ4v) is 3.69. The minimum absolute atomic E-state index is 0.150. The lowest BCUT2D eigenvalue weighted by molar-refractivity contribution is -0.308. The van der Waals surface area contributed by atoms with Gasteiger partial charge in [-0.1, -0.05) is 48.5 Å². The van der Waals surface area contributed by atoms with Crippen molar-refractivity contribution < 1.29 is 23.1 Å². The van der Waals surface area contributed by atoms with Crippen LogP contribution in [0.15, 0.2) is 71.7 Å². The monoisotopic (exact) mass is 428 g/mol. The van der Waals surface area contributed by atoms with Crippen molar-refractivity contribution in [1.82, 2.24) is 9.38 Å². The van der Waals surface area contributed by atoms with Crippen LogP contribution in [-0.4, -0.2) is 26.7 Å². The molecule has 3 aromatic rings. The normalized spacial score (nSPS) is 17.4. The summed E-state index contributed by atoms with van der Waals surface area (Å²) in [7, 11) is 0. The van der Waals surface area contributed by atoms with Crippen LogP contribution in [0.5, 0.6) is 0 Å². The molecule has 3 N–H and O–H groups in total. The number of benzene rings is 1. The number of nitrogens with zero attached hydrogens (tertiary/aromatic N) is 3. The number of aromatic nitrogens is 2. The maximum Gasteiger partial charge on any atom is 0.572 e. The van der Waals surface area contributed by atoms with Crippen molar-refractivity contribution in [2.75, 3.05) is 5.73 Å². The van der Waals surface area contributed by atoms with Gasteiger partial charge in [0.2, 0.25) is 0 Å². The van der Waals surface area contributed by atoms with E-state index in [1.807, 2.05) is 30.3 Å². The Morgan fingerprint density at radius 1 is 1.16 bits per heavy atom. The zero-order chi connectivity index (χ0) is 22.2. The second-order valence-electron chi connectivity index (χ2n) is 7.22. The van der Waals surface area contributed by atoms with E-state index < -0.39 is 12.3 Å². The van der Waals surface area contributed by atoms with Crippen molar-refractivity contribution in [3.63, 3.8) is 0 Å². The fourth-order valence-electron chi connectivity index (χ4n) is 3.69. The standard InChI is InChI=1S/C22H19F3N4O2/c1-13-11-15(7-9-17(13)31-22(23,24)25)20-21(26)27-18-10-8-16(12-29(18)20)19(28-30)14-5-3-2-4-6-14/h2-10,12-13,30H,11,26H2,1H3/b28-19+. The second kappa shape index (κ2) is 7.82. The van der Waals surface area contributed by atoms with Crippen molar-refractivity contribution >= 4 is 22.7 Å². The lowest BCUT2D eigenvalue weighted by Gasteiger charge is -2.23. The number of alkyl halides is 3. The van der Waals surface area contributed by atoms with Crippen molar-refractivity contribution in [2.24, 2.45) is 11.1 Å². The van der Waals surface area contributed by atoms with E-state index in [0.29, 0.717) is 29.0 Å². The number of anilines is 1. The molecule has 0 radical (unpaired) electrons. The molecule has 1 aliphatic rings. The summed E-state index contributed by atoms with van der Waals surface area (Å²) < 4.78 is 43.7. The predicted molar refractivity (Wildman–Crippen MR) is 110 cm³/mol. The highest BCUT2D eigenvalue weighted by atomic mass is 19.4. The molecule has 0 aliphatic heterocycles. The van der Waals surface area contributed by atoms with Crippen LogP contribution >= 0.6 is 0 Å². The number of pyridine rings is 1. The molecule has 0 spiro atoms. The Balaban J connectivity index is 1.78. The lowest BCUT2D eigenvalue weighted by atomic mass is 9.92. The van der Waals surface area contributed by atoms with Crippen LogP contribution in [0.25, 0.3) is 11.2 Å². The fraction of sp³-hybridized carbons (Fsp3) is 0.182. The Morgan fingerprint density at radius 3 is 2.55 bits per heavy atom. The number of allylic oxidation sites excluding steroid dienone is 4. The molecule has 6 nitrogen and oxygen atoms in total. The van der Waals surface area contributed by atoms with E-state index in [0.717, 1.165) is 11.1 Å². The number of oxime groups is 1. The molecule has 1 unspecified atom stereocenters. The van der Waals surface area contributed by atoms with Crippen molar-refractivity contribution in [3.05, 3.63) is 83.4 Å². The molecule has 2 aromatic heterocycles. The van der Waals surface area contributed by atoms with E-state index >= 15 is 0 Å². The molecule has 2 heterocycles. The number of ether oxygens (including phenoxy) is 1. The molecule has 0 saturated heterocycles. The minimum Gasteiger partial charge on any atom is -0.410 e. The van der Waals surface area contributed by atoms with Crippen LogP contribution in [0.2, 0.25) is 0 Å². The zero-order valence-corrected chi connectivity index (χ0v) is 16.5. The Bertz CT molecular complexity index is 1210. The highest BCUT2D eigenvalue weighted by molar-refractivity contribution is 6.12. The minimum atomic E-state index is -4.74. The quantitative estimate of drug-likeness (QED) is 0.348. The van der Waals surface area contributed by atoms with Gasteiger partial charge in [0.25, 0.3) is 0 Å². The van der Waals surface area contributed by atoms with Gasteiger partial charge in [-0.3, -0.25) is 4.40 Å². The maximum atomic E-state index is 12.6. The van der Waals surface area contributed by atoms with Gasteiger partial charge in [-0.05, 0) is 30.2 Å². The second-order valence-corrected chi connectivity index (χ2v) is 7.22. The number of imidazole rings is 1. The van der Waals surface area contributed by atoms with Crippen molar-refractivity contribution in [3.8, 4) is 0 Å². The number of nitrogen functional groups attached to an aromatic ring is 1. The van der Waals surface area contributed by atoms with E-state index in [-0.39, 0.29) is 11.6 Å². The molecule has 0 saturated carbocycles. The average Bonchev–Trinajstić information content (AvgIpc) is 3.05. The third-order valence-electron chi connectivity index (χ3n) is 5.06. The molecular weight excluding hydrogens is 409 g/mol. The molecular formula is C22H19F3N4O2. The Hall–Kier alpha value is -3.75. The molecule has 160 valence electrons. The van der Waals surface area contributed by atoms with Crippen LogP contribution < -0.4 is 5.73 Å². The van der Waals surface area contributed by atoms with E-state index in [9.17, 15) is 18.4 Å². The highest BCUT2D eigenvalue weighted by Crippen LogP contribution is 2.37. The van der Waals surface area contributed by atoms with Crippen LogP contribution in [-0.2, 0) is 4.74 Å². The average molecular weight is 428 g/mol. The topological polar surface area (TPSA) is 85.1 Å². The first-order chi connectivity index (χ1) is 14.8. The van der Waals surface area contributed by atoms with Crippen LogP contribution in [0.3, 0.4) is 0 Å². The molecule has 9 heteroatoms. The maximum absolute atomic E-state index is 12.6. The first-order valence-electron chi connectivity index (χ1n) is 9.49. The third kappa shape index (κ3) is 4.11. The van der Waals surface area contributed by atoms with Gasteiger partial charge in [-0.25, -0.2) is 4.98 Å². The molecule has 0 bridgehead atoms. The summed E-state index contributed by atoms with van der Waals surface area (Å²) in [4.78, 5) is 4.36. The zero-order valence-electron chi connectivity index (χ0n) is 16.5. The number of hydrogen-bond acceptors (Lipinski definition) is 5. The summed E-state index contributed by atoms with van der Waals surface area (Å²) in [6.07, 6.45) is 0.174. The number of fused-ring (bicyclic) bond motifs is 1. The van der Waals surface area contributed by atoms with E-state index in [4.69, 9.17) is 5.73 Å². The summed E-state index contributed by atoms with van der Waals surface area (Å²) >= 11 is 0. The molecule has 4 rings (SSSR count). The largest absolute Gasteiger partial charge is 0.572 e. The number of hydrogen-bond donors (Lipinski definition) is 2. The van der Waals surface area contributed by atoms with Crippen LogP contribution in [0.4, 0.5) is 19.0 Å². The molecule has 0 amide bonds. The van der Waals surface area contributed by atoms with Gasteiger partial charge >= 0.3 is 6.36 Å². The Labute approximate surface area is 175 Å². The van der Waals surface area contributed by atoms with Crippen molar-refractivity contribution in [2.45, 2.75) is 19.7 Å². The number of halogens is 3. The Morgan fingerprint density at radius 2 is 1.90 bits per heavy atom. The SMILES string of the molecule is CC1CC(c2c(N)nc3ccc(/C(=N/O)c4ccccc4)cn23)=CC=C1OC(F)(F)F.